The summed E-state index contributed by atoms with van der Waals surface area (Å²) >= 11 is 0. The number of carbonyl (C=O) groups excluding carboxylic acids is 1. The van der Waals surface area contributed by atoms with Gasteiger partial charge in [-0.1, -0.05) is 17.3 Å². The third kappa shape index (κ3) is 4.90. The molecular weight excluding hydrogens is 380 g/mol. The summed E-state index contributed by atoms with van der Waals surface area (Å²) in [4.78, 5) is 20.1. The van der Waals surface area contributed by atoms with E-state index in [0.29, 0.717) is 11.8 Å². The second-order valence-corrected chi connectivity index (χ2v) is 5.80. The van der Waals surface area contributed by atoms with Crippen molar-refractivity contribution in [2.24, 2.45) is 0 Å². The molecule has 0 spiro atoms. The Morgan fingerprint density at radius 2 is 2.00 bits per heavy atom. The van der Waals surface area contributed by atoms with E-state index in [2.05, 4.69) is 20.4 Å². The molecule has 2 heterocycles. The molecule has 0 fully saturated rings. The lowest BCUT2D eigenvalue weighted by atomic mass is 10.1. The first-order valence-corrected chi connectivity index (χ1v) is 8.19. The number of carbonyl (C=O) groups is 1. The van der Waals surface area contributed by atoms with Gasteiger partial charge in [0.15, 0.2) is 0 Å². The Kier molecular flexibility index (Phi) is 5.67. The highest BCUT2D eigenvalue weighted by atomic mass is 19.4. The molecule has 6 nitrogen and oxygen atoms in total. The Hall–Kier alpha value is -3.30. The van der Waals surface area contributed by atoms with Gasteiger partial charge in [0.05, 0.1) is 5.56 Å². The predicted molar refractivity (Wildman–Crippen MR) is 89.1 cm³/mol. The van der Waals surface area contributed by atoms with Crippen LogP contribution in [-0.2, 0) is 23.9 Å². The molecule has 146 valence electrons. The number of hydrogen-bond acceptors (Lipinski definition) is 5. The van der Waals surface area contributed by atoms with Crippen LogP contribution in [0.1, 0.15) is 23.4 Å². The van der Waals surface area contributed by atoms with E-state index in [-0.39, 0.29) is 36.7 Å². The highest BCUT2D eigenvalue weighted by Gasteiger charge is 2.33. The van der Waals surface area contributed by atoms with Crippen molar-refractivity contribution in [2.45, 2.75) is 25.6 Å². The van der Waals surface area contributed by atoms with E-state index in [1.807, 2.05) is 0 Å². The average molecular weight is 394 g/mol. The Labute approximate surface area is 156 Å². The average Bonchev–Trinajstić information content (AvgIpc) is 3.14. The van der Waals surface area contributed by atoms with E-state index in [9.17, 15) is 22.4 Å². The van der Waals surface area contributed by atoms with Crippen LogP contribution in [0, 0.1) is 5.82 Å². The number of nitrogens with one attached hydrogen (secondary N) is 1. The first kappa shape index (κ1) is 19.5. The predicted octanol–water partition coefficient (Wildman–Crippen LogP) is 3.54. The minimum atomic E-state index is -4.71. The molecule has 3 rings (SSSR count). The van der Waals surface area contributed by atoms with Crippen LogP contribution >= 0.6 is 0 Å². The van der Waals surface area contributed by atoms with Gasteiger partial charge in [0.1, 0.15) is 11.5 Å². The number of aryl methyl sites for hydroxylation is 1. The van der Waals surface area contributed by atoms with Crippen molar-refractivity contribution in [3.8, 4) is 11.5 Å². The van der Waals surface area contributed by atoms with Crippen molar-refractivity contribution in [1.29, 1.82) is 0 Å². The standard InChI is InChI=1S/C18H14F4N4O2/c19-12-5-4-11(13(9-12)18(20,21)22)10-24-15(27)6-7-16-25-17(26-28-16)14-3-1-2-8-23-14/h1-5,8-9H,6-7,10H2,(H,24,27). The second-order valence-electron chi connectivity index (χ2n) is 5.80. The molecule has 0 bridgehead atoms. The highest BCUT2D eigenvalue weighted by molar-refractivity contribution is 5.76. The molecule has 1 N–H and O–H groups in total. The fourth-order valence-electron chi connectivity index (χ4n) is 2.42. The van der Waals surface area contributed by atoms with Gasteiger partial charge in [-0.3, -0.25) is 9.78 Å². The minimum absolute atomic E-state index is 0.0631. The number of pyridine rings is 1. The molecule has 1 aromatic carbocycles. The zero-order chi connectivity index (χ0) is 20.1. The van der Waals surface area contributed by atoms with Crippen molar-refractivity contribution < 1.29 is 26.9 Å². The van der Waals surface area contributed by atoms with Crippen molar-refractivity contribution in [2.75, 3.05) is 0 Å². The van der Waals surface area contributed by atoms with Crippen LogP contribution in [-0.4, -0.2) is 21.0 Å². The van der Waals surface area contributed by atoms with Gasteiger partial charge in [0.2, 0.25) is 17.6 Å². The summed E-state index contributed by atoms with van der Waals surface area (Å²) in [6.07, 6.45) is -3.09. The zero-order valence-corrected chi connectivity index (χ0v) is 14.3. The fourth-order valence-corrected chi connectivity index (χ4v) is 2.42. The summed E-state index contributed by atoms with van der Waals surface area (Å²) in [6.45, 7) is -0.378. The SMILES string of the molecule is O=C(CCc1nc(-c2ccccn2)no1)NCc1ccc(F)cc1C(F)(F)F. The Morgan fingerprint density at radius 3 is 2.71 bits per heavy atom. The van der Waals surface area contributed by atoms with Crippen molar-refractivity contribution in [3.63, 3.8) is 0 Å². The molecule has 0 radical (unpaired) electrons. The molecule has 28 heavy (non-hydrogen) atoms. The van der Waals surface area contributed by atoms with Gasteiger partial charge in [0, 0.05) is 25.6 Å². The van der Waals surface area contributed by atoms with Crippen LogP contribution in [0.2, 0.25) is 0 Å². The molecule has 1 amide bonds. The van der Waals surface area contributed by atoms with E-state index in [0.717, 1.165) is 12.1 Å². The summed E-state index contributed by atoms with van der Waals surface area (Å²) in [5.74, 6) is -1.02. The molecule has 0 saturated carbocycles. The summed E-state index contributed by atoms with van der Waals surface area (Å²) in [5.41, 5.74) is -0.833. The quantitative estimate of drug-likeness (QED) is 0.647. The van der Waals surface area contributed by atoms with E-state index in [1.54, 1.807) is 24.4 Å². The third-order valence-electron chi connectivity index (χ3n) is 3.78. The number of aromatic nitrogens is 3. The van der Waals surface area contributed by atoms with Crippen LogP contribution in [0.25, 0.3) is 11.5 Å². The Balaban J connectivity index is 1.55. The maximum atomic E-state index is 13.1. The van der Waals surface area contributed by atoms with E-state index >= 15 is 0 Å². The minimum Gasteiger partial charge on any atom is -0.352 e. The summed E-state index contributed by atoms with van der Waals surface area (Å²) in [6, 6.07) is 7.50. The van der Waals surface area contributed by atoms with Crippen molar-refractivity contribution in [3.05, 3.63) is 65.4 Å². The lowest BCUT2D eigenvalue weighted by Crippen LogP contribution is -2.24. The lowest BCUT2D eigenvalue weighted by Gasteiger charge is -2.13. The normalized spacial score (nSPS) is 11.4. The fraction of sp³-hybridized carbons (Fsp3) is 0.222. The molecule has 3 aromatic rings. The number of alkyl halides is 3. The molecule has 10 heteroatoms. The van der Waals surface area contributed by atoms with Gasteiger partial charge in [-0.2, -0.15) is 18.2 Å². The second kappa shape index (κ2) is 8.15. The van der Waals surface area contributed by atoms with Crippen molar-refractivity contribution in [1.82, 2.24) is 20.4 Å². The number of amides is 1. The van der Waals surface area contributed by atoms with Crippen LogP contribution < -0.4 is 5.32 Å². The number of halogens is 4. The molecule has 0 aliphatic rings. The third-order valence-corrected chi connectivity index (χ3v) is 3.78. The van der Waals surface area contributed by atoms with E-state index in [1.165, 1.54) is 0 Å². The molecule has 2 aromatic heterocycles. The van der Waals surface area contributed by atoms with Gasteiger partial charge in [-0.05, 0) is 29.8 Å². The summed E-state index contributed by atoms with van der Waals surface area (Å²) in [5, 5.41) is 6.14. The van der Waals surface area contributed by atoms with Crippen molar-refractivity contribution >= 4 is 5.91 Å². The number of nitrogens with zero attached hydrogens (tertiary/aromatic N) is 3. The first-order chi connectivity index (χ1) is 13.3. The molecule has 0 unspecified atom stereocenters. The summed E-state index contributed by atoms with van der Waals surface area (Å²) in [7, 11) is 0. The topological polar surface area (TPSA) is 80.9 Å². The number of rotatable bonds is 6. The molecule has 0 aliphatic heterocycles. The Bertz CT molecular complexity index is 958. The Morgan fingerprint density at radius 1 is 1.18 bits per heavy atom. The van der Waals surface area contributed by atoms with Gasteiger partial charge in [-0.15, -0.1) is 0 Å². The summed E-state index contributed by atoms with van der Waals surface area (Å²) < 4.78 is 57.0. The monoisotopic (exact) mass is 394 g/mol. The number of benzene rings is 1. The molecular formula is C18H14F4N4O2. The smallest absolute Gasteiger partial charge is 0.352 e. The largest absolute Gasteiger partial charge is 0.416 e. The van der Waals surface area contributed by atoms with Crippen LogP contribution in [0.4, 0.5) is 17.6 Å². The molecule has 0 atom stereocenters. The lowest BCUT2D eigenvalue weighted by molar-refractivity contribution is -0.138. The van der Waals surface area contributed by atoms with E-state index in [4.69, 9.17) is 4.52 Å². The van der Waals surface area contributed by atoms with Gasteiger partial charge >= 0.3 is 6.18 Å². The zero-order valence-electron chi connectivity index (χ0n) is 14.3. The molecule has 0 aliphatic carbocycles. The highest BCUT2D eigenvalue weighted by Crippen LogP contribution is 2.32. The van der Waals surface area contributed by atoms with Gasteiger partial charge in [-0.25, -0.2) is 4.39 Å². The maximum Gasteiger partial charge on any atom is 0.416 e. The number of hydrogen-bond donors (Lipinski definition) is 1. The van der Waals surface area contributed by atoms with Gasteiger partial charge < -0.3 is 9.84 Å². The van der Waals surface area contributed by atoms with Crippen LogP contribution in [0.15, 0.2) is 47.1 Å². The molecule has 0 saturated heterocycles. The van der Waals surface area contributed by atoms with Crippen LogP contribution in [0.5, 0.6) is 0 Å². The first-order valence-electron chi connectivity index (χ1n) is 8.19. The van der Waals surface area contributed by atoms with Crippen LogP contribution in [0.3, 0.4) is 0 Å². The van der Waals surface area contributed by atoms with Gasteiger partial charge in [0.25, 0.3) is 0 Å². The maximum absolute atomic E-state index is 13.1. The van der Waals surface area contributed by atoms with E-state index < -0.39 is 23.5 Å².